The van der Waals surface area contributed by atoms with E-state index in [-0.39, 0.29) is 0 Å². The predicted octanol–water partition coefficient (Wildman–Crippen LogP) is 2.37. The number of imidazole rings is 1. The number of benzene rings is 1. The molecule has 2 aromatic heterocycles. The van der Waals surface area contributed by atoms with Gasteiger partial charge in [-0.25, -0.2) is 9.97 Å². The number of nitrogens with zero attached hydrogens (tertiary/aromatic N) is 4. The highest BCUT2D eigenvalue weighted by Gasteiger charge is 2.13. The fraction of sp³-hybridized carbons (Fsp3) is 0.154. The molecule has 0 fully saturated rings. The van der Waals surface area contributed by atoms with Gasteiger partial charge < -0.3 is 0 Å². The molecule has 0 N–H and O–H groups in total. The molecule has 0 saturated heterocycles. The van der Waals surface area contributed by atoms with Gasteiger partial charge in [-0.05, 0) is 26.0 Å². The number of aryl methyl sites for hydroxylation is 2. The molecular formula is C13H10N4. The summed E-state index contributed by atoms with van der Waals surface area (Å²) >= 11 is 0. The summed E-state index contributed by atoms with van der Waals surface area (Å²) in [5.74, 6) is 0.852. The topological polar surface area (TPSA) is 54.0 Å². The molecule has 17 heavy (non-hydrogen) atoms. The van der Waals surface area contributed by atoms with E-state index >= 15 is 0 Å². The molecule has 0 bridgehead atoms. The van der Waals surface area contributed by atoms with Crippen LogP contribution in [0.2, 0.25) is 0 Å². The molecule has 0 saturated carbocycles. The number of hydrogen-bond acceptors (Lipinski definition) is 3. The molecule has 1 aromatic carbocycles. The van der Waals surface area contributed by atoms with Gasteiger partial charge in [0.05, 0.1) is 16.7 Å². The van der Waals surface area contributed by atoms with Crippen LogP contribution in [0.4, 0.5) is 0 Å². The van der Waals surface area contributed by atoms with E-state index in [1.165, 1.54) is 0 Å². The summed E-state index contributed by atoms with van der Waals surface area (Å²) < 4.78 is 1.93. The monoisotopic (exact) mass is 222 g/mol. The number of fused-ring (bicyclic) bond motifs is 3. The second-order valence-corrected chi connectivity index (χ2v) is 3.99. The number of para-hydroxylation sites is 2. The number of nitriles is 1. The minimum Gasteiger partial charge on any atom is -0.279 e. The molecule has 0 atom stereocenters. The quantitative estimate of drug-likeness (QED) is 0.586. The zero-order valence-electron chi connectivity index (χ0n) is 9.60. The van der Waals surface area contributed by atoms with E-state index in [0.717, 1.165) is 22.6 Å². The molecule has 4 nitrogen and oxygen atoms in total. The number of rotatable bonds is 0. The maximum Gasteiger partial charge on any atom is 0.159 e. The smallest absolute Gasteiger partial charge is 0.159 e. The van der Waals surface area contributed by atoms with Gasteiger partial charge in [-0.3, -0.25) is 4.40 Å². The Labute approximate surface area is 98.2 Å². The first-order chi connectivity index (χ1) is 8.22. The van der Waals surface area contributed by atoms with Gasteiger partial charge in [0.2, 0.25) is 0 Å². The lowest BCUT2D eigenvalue weighted by atomic mass is 10.2. The third kappa shape index (κ3) is 1.23. The molecule has 0 aliphatic rings. The van der Waals surface area contributed by atoms with Crippen molar-refractivity contribution in [3.63, 3.8) is 0 Å². The van der Waals surface area contributed by atoms with Crippen molar-refractivity contribution in [2.45, 2.75) is 13.8 Å². The Morgan fingerprint density at radius 2 is 1.94 bits per heavy atom. The lowest BCUT2D eigenvalue weighted by Gasteiger charge is -2.04. The molecular weight excluding hydrogens is 212 g/mol. The highest BCUT2D eigenvalue weighted by atomic mass is 15.1. The summed E-state index contributed by atoms with van der Waals surface area (Å²) in [5, 5.41) is 9.19. The first kappa shape index (κ1) is 9.79. The zero-order valence-corrected chi connectivity index (χ0v) is 9.60. The zero-order chi connectivity index (χ0) is 12.0. The molecule has 0 amide bonds. The molecule has 0 aliphatic carbocycles. The normalized spacial score (nSPS) is 10.9. The van der Waals surface area contributed by atoms with Crippen LogP contribution in [-0.2, 0) is 0 Å². The predicted molar refractivity (Wildman–Crippen MR) is 64.7 cm³/mol. The van der Waals surface area contributed by atoms with E-state index in [1.54, 1.807) is 0 Å². The summed E-state index contributed by atoms with van der Waals surface area (Å²) in [4.78, 5) is 8.90. The Balaban J connectivity index is 2.65. The van der Waals surface area contributed by atoms with Crippen LogP contribution in [0.5, 0.6) is 0 Å². The van der Waals surface area contributed by atoms with E-state index in [9.17, 15) is 5.26 Å². The minimum atomic E-state index is 0.548. The van der Waals surface area contributed by atoms with Crippen molar-refractivity contribution < 1.29 is 0 Å². The van der Waals surface area contributed by atoms with Crippen LogP contribution in [0.3, 0.4) is 0 Å². The largest absolute Gasteiger partial charge is 0.279 e. The molecule has 4 heteroatoms. The fourth-order valence-electron chi connectivity index (χ4n) is 2.16. The van der Waals surface area contributed by atoms with Crippen LogP contribution >= 0.6 is 0 Å². The highest BCUT2D eigenvalue weighted by Crippen LogP contribution is 2.21. The Kier molecular flexibility index (Phi) is 1.89. The number of hydrogen-bond donors (Lipinski definition) is 0. The average molecular weight is 222 g/mol. The maximum atomic E-state index is 9.19. The summed E-state index contributed by atoms with van der Waals surface area (Å²) in [5.41, 5.74) is 3.85. The molecule has 3 rings (SSSR count). The van der Waals surface area contributed by atoms with Crippen LogP contribution in [0, 0.1) is 25.2 Å². The van der Waals surface area contributed by atoms with Crippen LogP contribution in [-0.4, -0.2) is 14.4 Å². The SMILES string of the molecule is Cc1nc(C)n2c(nc3ccccc32)c1C#N. The van der Waals surface area contributed by atoms with Crippen LogP contribution < -0.4 is 0 Å². The summed E-state index contributed by atoms with van der Waals surface area (Å²) in [6, 6.07) is 10.0. The van der Waals surface area contributed by atoms with Gasteiger partial charge in [0.1, 0.15) is 17.5 Å². The average Bonchev–Trinajstić information content (AvgIpc) is 2.68. The second kappa shape index (κ2) is 3.29. The molecule has 0 radical (unpaired) electrons. The lowest BCUT2D eigenvalue weighted by molar-refractivity contribution is 0.971. The Bertz CT molecular complexity index is 777. The van der Waals surface area contributed by atoms with Crippen molar-refractivity contribution in [2.75, 3.05) is 0 Å². The molecule has 82 valence electrons. The molecule has 0 unspecified atom stereocenters. The lowest BCUT2D eigenvalue weighted by Crippen LogP contribution is -2.01. The van der Waals surface area contributed by atoms with Gasteiger partial charge >= 0.3 is 0 Å². The Morgan fingerprint density at radius 1 is 1.18 bits per heavy atom. The first-order valence-corrected chi connectivity index (χ1v) is 5.37. The van der Waals surface area contributed by atoms with E-state index in [0.29, 0.717) is 11.2 Å². The van der Waals surface area contributed by atoms with Crippen LogP contribution in [0.25, 0.3) is 16.7 Å². The number of aromatic nitrogens is 3. The maximum absolute atomic E-state index is 9.19. The van der Waals surface area contributed by atoms with E-state index in [4.69, 9.17) is 0 Å². The summed E-state index contributed by atoms with van der Waals surface area (Å²) in [6.45, 7) is 3.76. The van der Waals surface area contributed by atoms with Crippen molar-refractivity contribution in [3.05, 3.63) is 41.3 Å². The summed E-state index contributed by atoms with van der Waals surface area (Å²) in [6.07, 6.45) is 0. The Morgan fingerprint density at radius 3 is 2.71 bits per heavy atom. The molecule has 3 aromatic rings. The third-order valence-electron chi connectivity index (χ3n) is 2.91. The third-order valence-corrected chi connectivity index (χ3v) is 2.91. The van der Waals surface area contributed by atoms with Crippen molar-refractivity contribution in [3.8, 4) is 6.07 Å². The van der Waals surface area contributed by atoms with E-state index in [1.807, 2.05) is 42.5 Å². The molecule has 0 aliphatic heterocycles. The van der Waals surface area contributed by atoms with Crippen molar-refractivity contribution >= 4 is 16.7 Å². The van der Waals surface area contributed by atoms with Crippen LogP contribution in [0.1, 0.15) is 17.1 Å². The first-order valence-electron chi connectivity index (χ1n) is 5.37. The van der Waals surface area contributed by atoms with Crippen molar-refractivity contribution in [2.24, 2.45) is 0 Å². The molecule has 0 spiro atoms. The van der Waals surface area contributed by atoms with Gasteiger partial charge in [-0.15, -0.1) is 0 Å². The van der Waals surface area contributed by atoms with E-state index < -0.39 is 0 Å². The van der Waals surface area contributed by atoms with Gasteiger partial charge in [0.25, 0.3) is 0 Å². The Hall–Kier alpha value is -2.41. The molecule has 2 heterocycles. The second-order valence-electron chi connectivity index (χ2n) is 3.99. The minimum absolute atomic E-state index is 0.548. The van der Waals surface area contributed by atoms with Gasteiger partial charge in [0.15, 0.2) is 5.65 Å². The summed E-state index contributed by atoms with van der Waals surface area (Å²) in [7, 11) is 0. The van der Waals surface area contributed by atoms with Gasteiger partial charge in [0, 0.05) is 0 Å². The van der Waals surface area contributed by atoms with Gasteiger partial charge in [-0.1, -0.05) is 12.1 Å². The van der Waals surface area contributed by atoms with E-state index in [2.05, 4.69) is 16.0 Å². The van der Waals surface area contributed by atoms with Crippen LogP contribution in [0.15, 0.2) is 24.3 Å². The highest BCUT2D eigenvalue weighted by molar-refractivity contribution is 5.82. The van der Waals surface area contributed by atoms with Gasteiger partial charge in [-0.2, -0.15) is 5.26 Å². The van der Waals surface area contributed by atoms with Crippen molar-refractivity contribution in [1.29, 1.82) is 5.26 Å². The fourth-order valence-corrected chi connectivity index (χ4v) is 2.16. The standard InChI is InChI=1S/C13H10N4/c1-8-10(7-14)13-16-11-5-3-4-6-12(11)17(13)9(2)15-8/h3-6H,1-2H3. The van der Waals surface area contributed by atoms with Crippen molar-refractivity contribution in [1.82, 2.24) is 14.4 Å².